The van der Waals surface area contributed by atoms with Gasteiger partial charge in [-0.05, 0) is 49.7 Å². The zero-order chi connectivity index (χ0) is 16.1. The molecule has 22 heavy (non-hydrogen) atoms. The van der Waals surface area contributed by atoms with Gasteiger partial charge in [0.15, 0.2) is 0 Å². The fourth-order valence-electron chi connectivity index (χ4n) is 1.89. The highest BCUT2D eigenvalue weighted by Gasteiger charge is 2.08. The molecule has 0 amide bonds. The van der Waals surface area contributed by atoms with Gasteiger partial charge in [0.2, 0.25) is 0 Å². The highest BCUT2D eigenvalue weighted by Crippen LogP contribution is 2.30. The lowest BCUT2D eigenvalue weighted by Crippen LogP contribution is -2.14. The second-order valence-corrected chi connectivity index (χ2v) is 5.05. The molecular formula is C17H19F2N3. The molecule has 0 atom stereocenters. The summed E-state index contributed by atoms with van der Waals surface area (Å²) >= 11 is 0. The summed E-state index contributed by atoms with van der Waals surface area (Å²) in [7, 11) is 1.89. The van der Waals surface area contributed by atoms with Crippen LogP contribution in [-0.4, -0.2) is 24.8 Å². The average Bonchev–Trinajstić information content (AvgIpc) is 2.48. The summed E-state index contributed by atoms with van der Waals surface area (Å²) in [4.78, 5) is 6.20. The molecule has 0 unspecified atom stereocenters. The monoisotopic (exact) mass is 303 g/mol. The van der Waals surface area contributed by atoms with Crippen molar-refractivity contribution in [3.63, 3.8) is 0 Å². The van der Waals surface area contributed by atoms with E-state index in [4.69, 9.17) is 0 Å². The Morgan fingerprint density at radius 2 is 1.95 bits per heavy atom. The largest absolute Gasteiger partial charge is 0.366 e. The Hall–Kier alpha value is -2.43. The molecule has 0 bridgehead atoms. The molecule has 0 aliphatic rings. The molecule has 1 N–H and O–H groups in total. The molecular weight excluding hydrogens is 284 g/mol. The van der Waals surface area contributed by atoms with Crippen LogP contribution in [-0.2, 0) is 0 Å². The molecule has 0 radical (unpaired) electrons. The first kappa shape index (κ1) is 15.9. The van der Waals surface area contributed by atoms with Crippen LogP contribution in [0.25, 0.3) is 0 Å². The van der Waals surface area contributed by atoms with Crippen molar-refractivity contribution in [2.45, 2.75) is 13.8 Å². The van der Waals surface area contributed by atoms with Crippen molar-refractivity contribution in [3.05, 3.63) is 53.6 Å². The molecule has 0 aliphatic heterocycles. The lowest BCUT2D eigenvalue weighted by atomic mass is 10.1. The number of benzene rings is 2. The van der Waals surface area contributed by atoms with E-state index in [2.05, 4.69) is 10.3 Å². The standard InChI is InChI=1S/C17H19F2N3/c1-4-22(3)11-20-16-9-14(19)10-17(12(16)2)21-15-7-5-6-13(18)8-15/h5-11,21H,4H2,1-3H3/b20-11+. The normalized spacial score (nSPS) is 11.0. The average molecular weight is 303 g/mol. The molecule has 0 heterocycles. The molecule has 2 aromatic rings. The molecule has 0 saturated heterocycles. The fraction of sp³-hybridized carbons (Fsp3) is 0.235. The lowest BCUT2D eigenvalue weighted by Gasteiger charge is -2.13. The van der Waals surface area contributed by atoms with E-state index in [1.54, 1.807) is 18.5 Å². The van der Waals surface area contributed by atoms with Crippen LogP contribution in [0.4, 0.5) is 25.8 Å². The minimum absolute atomic E-state index is 0.345. The van der Waals surface area contributed by atoms with Gasteiger partial charge in [-0.15, -0.1) is 0 Å². The molecule has 3 nitrogen and oxygen atoms in total. The Kier molecular flexibility index (Phi) is 5.09. The van der Waals surface area contributed by atoms with Gasteiger partial charge in [0.1, 0.15) is 11.6 Å². The maximum Gasteiger partial charge on any atom is 0.127 e. The number of halogens is 2. The second kappa shape index (κ2) is 7.02. The van der Waals surface area contributed by atoms with Gasteiger partial charge in [0, 0.05) is 25.0 Å². The third-order valence-electron chi connectivity index (χ3n) is 3.34. The zero-order valence-corrected chi connectivity index (χ0v) is 12.9. The minimum Gasteiger partial charge on any atom is -0.366 e. The summed E-state index contributed by atoms with van der Waals surface area (Å²) in [6.45, 7) is 4.66. The van der Waals surface area contributed by atoms with E-state index < -0.39 is 5.82 Å². The van der Waals surface area contributed by atoms with Crippen molar-refractivity contribution in [1.82, 2.24) is 4.90 Å². The van der Waals surface area contributed by atoms with E-state index >= 15 is 0 Å². The lowest BCUT2D eigenvalue weighted by molar-refractivity contribution is 0.552. The van der Waals surface area contributed by atoms with Crippen LogP contribution in [0.15, 0.2) is 41.4 Å². The summed E-state index contributed by atoms with van der Waals surface area (Å²) in [5.74, 6) is -0.738. The highest BCUT2D eigenvalue weighted by molar-refractivity contribution is 5.72. The van der Waals surface area contributed by atoms with Crippen LogP contribution in [0, 0.1) is 18.6 Å². The predicted molar refractivity (Wildman–Crippen MR) is 87.3 cm³/mol. The van der Waals surface area contributed by atoms with E-state index in [-0.39, 0.29) is 5.82 Å². The smallest absolute Gasteiger partial charge is 0.127 e. The van der Waals surface area contributed by atoms with Crippen LogP contribution in [0.3, 0.4) is 0 Å². The third kappa shape index (κ3) is 4.04. The number of aliphatic imine (C=N–C) groups is 1. The quantitative estimate of drug-likeness (QED) is 0.644. The van der Waals surface area contributed by atoms with Gasteiger partial charge in [-0.3, -0.25) is 0 Å². The SMILES string of the molecule is CCN(C)/C=N/c1cc(F)cc(Nc2cccc(F)c2)c1C. The summed E-state index contributed by atoms with van der Waals surface area (Å²) in [6.07, 6.45) is 1.66. The van der Waals surface area contributed by atoms with Gasteiger partial charge in [0.25, 0.3) is 0 Å². The fourth-order valence-corrected chi connectivity index (χ4v) is 1.89. The van der Waals surface area contributed by atoms with E-state index in [1.165, 1.54) is 24.3 Å². The number of nitrogens with zero attached hydrogens (tertiary/aromatic N) is 2. The van der Waals surface area contributed by atoms with E-state index in [9.17, 15) is 8.78 Å². The summed E-state index contributed by atoms with van der Waals surface area (Å²) in [6, 6.07) is 8.80. The predicted octanol–water partition coefficient (Wildman–Crippen LogP) is 4.63. The zero-order valence-electron chi connectivity index (χ0n) is 12.9. The molecule has 0 fully saturated rings. The van der Waals surface area contributed by atoms with Gasteiger partial charge >= 0.3 is 0 Å². The van der Waals surface area contributed by atoms with Gasteiger partial charge in [-0.25, -0.2) is 13.8 Å². The Labute approximate surface area is 129 Å². The number of anilines is 2. The maximum atomic E-state index is 13.8. The number of nitrogens with one attached hydrogen (secondary N) is 1. The van der Waals surface area contributed by atoms with Crippen molar-refractivity contribution in [3.8, 4) is 0 Å². The van der Waals surface area contributed by atoms with Crippen LogP contribution in [0.2, 0.25) is 0 Å². The molecule has 116 valence electrons. The second-order valence-electron chi connectivity index (χ2n) is 5.05. The van der Waals surface area contributed by atoms with Crippen molar-refractivity contribution in [2.75, 3.05) is 18.9 Å². The van der Waals surface area contributed by atoms with Gasteiger partial charge in [-0.2, -0.15) is 0 Å². The Bertz CT molecular complexity index is 684. The van der Waals surface area contributed by atoms with E-state index in [0.717, 1.165) is 12.1 Å². The number of hydrogen-bond acceptors (Lipinski definition) is 2. The molecule has 2 rings (SSSR count). The summed E-state index contributed by atoms with van der Waals surface area (Å²) in [5.41, 5.74) is 2.47. The van der Waals surface area contributed by atoms with Gasteiger partial charge in [-0.1, -0.05) is 6.07 Å². The summed E-state index contributed by atoms with van der Waals surface area (Å²) < 4.78 is 27.0. The minimum atomic E-state index is -0.393. The Morgan fingerprint density at radius 3 is 2.64 bits per heavy atom. The molecule has 2 aromatic carbocycles. The van der Waals surface area contributed by atoms with Gasteiger partial charge in [0.05, 0.1) is 12.0 Å². The highest BCUT2D eigenvalue weighted by atomic mass is 19.1. The Morgan fingerprint density at radius 1 is 1.18 bits per heavy atom. The first-order valence-electron chi connectivity index (χ1n) is 7.06. The first-order valence-corrected chi connectivity index (χ1v) is 7.06. The maximum absolute atomic E-state index is 13.8. The van der Waals surface area contributed by atoms with E-state index in [0.29, 0.717) is 17.1 Å². The van der Waals surface area contributed by atoms with Crippen molar-refractivity contribution < 1.29 is 8.78 Å². The molecule has 5 heteroatoms. The summed E-state index contributed by atoms with van der Waals surface area (Å²) in [5, 5.41) is 3.03. The van der Waals surface area contributed by atoms with E-state index in [1.807, 2.05) is 25.8 Å². The number of hydrogen-bond donors (Lipinski definition) is 1. The van der Waals surface area contributed by atoms with Crippen LogP contribution >= 0.6 is 0 Å². The molecule has 0 spiro atoms. The third-order valence-corrected chi connectivity index (χ3v) is 3.34. The van der Waals surface area contributed by atoms with Crippen LogP contribution < -0.4 is 5.32 Å². The topological polar surface area (TPSA) is 27.6 Å². The molecule has 0 aliphatic carbocycles. The Balaban J connectivity index is 2.32. The molecule has 0 saturated carbocycles. The molecule has 0 aromatic heterocycles. The van der Waals surface area contributed by atoms with Crippen molar-refractivity contribution in [1.29, 1.82) is 0 Å². The van der Waals surface area contributed by atoms with Gasteiger partial charge < -0.3 is 10.2 Å². The van der Waals surface area contributed by atoms with Crippen LogP contribution in [0.5, 0.6) is 0 Å². The van der Waals surface area contributed by atoms with Crippen LogP contribution in [0.1, 0.15) is 12.5 Å². The number of rotatable bonds is 5. The van der Waals surface area contributed by atoms with Crippen molar-refractivity contribution in [2.24, 2.45) is 4.99 Å². The van der Waals surface area contributed by atoms with Crippen molar-refractivity contribution >= 4 is 23.4 Å². The first-order chi connectivity index (χ1) is 10.5.